The maximum absolute atomic E-state index is 14.8. The Morgan fingerprint density at radius 2 is 2.00 bits per heavy atom. The third-order valence-electron chi connectivity index (χ3n) is 5.71. The summed E-state index contributed by atoms with van der Waals surface area (Å²) in [6.45, 7) is 3.26. The van der Waals surface area contributed by atoms with Gasteiger partial charge in [0.05, 0.1) is 24.7 Å². The number of benzene rings is 1. The molecule has 2 atom stereocenters. The van der Waals surface area contributed by atoms with Gasteiger partial charge in [0.2, 0.25) is 5.91 Å². The Kier molecular flexibility index (Phi) is 8.36. The van der Waals surface area contributed by atoms with E-state index in [9.17, 15) is 22.8 Å². The molecule has 0 spiro atoms. The molecular weight excluding hydrogens is 465 g/mol. The van der Waals surface area contributed by atoms with Gasteiger partial charge in [-0.2, -0.15) is 5.10 Å². The van der Waals surface area contributed by atoms with Crippen LogP contribution in [0.5, 0.6) is 0 Å². The van der Waals surface area contributed by atoms with E-state index in [2.05, 4.69) is 15.4 Å². The van der Waals surface area contributed by atoms with Crippen molar-refractivity contribution in [3.8, 4) is 0 Å². The van der Waals surface area contributed by atoms with Crippen LogP contribution in [-0.2, 0) is 22.0 Å². The number of alkyl halides is 3. The second kappa shape index (κ2) is 11.1. The van der Waals surface area contributed by atoms with Crippen LogP contribution in [0.1, 0.15) is 50.5 Å². The summed E-state index contributed by atoms with van der Waals surface area (Å²) in [5.41, 5.74) is 4.51. The van der Waals surface area contributed by atoms with Crippen LogP contribution in [0, 0.1) is 0 Å². The van der Waals surface area contributed by atoms with E-state index in [-0.39, 0.29) is 50.5 Å². The Morgan fingerprint density at radius 3 is 2.63 bits per heavy atom. The van der Waals surface area contributed by atoms with Gasteiger partial charge in [-0.05, 0) is 26.7 Å². The van der Waals surface area contributed by atoms with Gasteiger partial charge in [-0.3, -0.25) is 4.79 Å². The van der Waals surface area contributed by atoms with Crippen LogP contribution < -0.4 is 11.1 Å². The molecule has 0 bridgehead atoms. The van der Waals surface area contributed by atoms with Gasteiger partial charge >= 0.3 is 6.09 Å². The minimum absolute atomic E-state index is 0.00792. The van der Waals surface area contributed by atoms with Crippen molar-refractivity contribution in [1.29, 1.82) is 0 Å². The van der Waals surface area contributed by atoms with Crippen LogP contribution in [0.2, 0.25) is 0 Å². The Labute approximate surface area is 201 Å². The molecule has 1 aliphatic heterocycles. The Morgan fingerprint density at radius 1 is 1.29 bits per heavy atom. The molecule has 1 saturated heterocycles. The number of hydrogen-bond acceptors (Lipinski definition) is 6. The van der Waals surface area contributed by atoms with Crippen molar-refractivity contribution in [3.63, 3.8) is 0 Å². The summed E-state index contributed by atoms with van der Waals surface area (Å²) in [5.74, 6) is -3.44. The molecular formula is C23H31F3N6O3. The number of carbonyl (C=O) groups is 2. The fourth-order valence-electron chi connectivity index (χ4n) is 3.67. The Bertz CT molecular complexity index is 996. The van der Waals surface area contributed by atoms with Crippen LogP contribution in [0.4, 0.5) is 18.0 Å². The van der Waals surface area contributed by atoms with Crippen molar-refractivity contribution in [2.24, 2.45) is 5.73 Å². The fraction of sp³-hybridized carbons (Fsp3) is 0.565. The lowest BCUT2D eigenvalue weighted by Gasteiger charge is -2.26. The van der Waals surface area contributed by atoms with Crippen LogP contribution in [-0.4, -0.2) is 63.1 Å². The van der Waals surface area contributed by atoms with Gasteiger partial charge in [0, 0.05) is 18.5 Å². The molecule has 192 valence electrons. The molecule has 0 saturated carbocycles. The fourth-order valence-corrected chi connectivity index (χ4v) is 3.67. The summed E-state index contributed by atoms with van der Waals surface area (Å²) >= 11 is 0. The molecule has 12 heteroatoms. The zero-order valence-electron chi connectivity index (χ0n) is 19.8. The predicted molar refractivity (Wildman–Crippen MR) is 121 cm³/mol. The molecule has 3 rings (SSSR count). The minimum Gasteiger partial charge on any atom is -0.447 e. The number of carbonyl (C=O) groups excluding carboxylic acids is 2. The second-order valence-corrected chi connectivity index (χ2v) is 9.14. The first-order chi connectivity index (χ1) is 16.5. The summed E-state index contributed by atoms with van der Waals surface area (Å²) in [5, 5.41) is 6.78. The quantitative estimate of drug-likeness (QED) is 0.523. The van der Waals surface area contributed by atoms with Gasteiger partial charge in [-0.1, -0.05) is 30.3 Å². The topological polar surface area (TPSA) is 115 Å². The first-order valence-corrected chi connectivity index (χ1v) is 11.4. The molecule has 2 amide bonds. The highest BCUT2D eigenvalue weighted by Crippen LogP contribution is 2.35. The van der Waals surface area contributed by atoms with Gasteiger partial charge in [0.25, 0.3) is 5.92 Å². The highest BCUT2D eigenvalue weighted by molar-refractivity contribution is 5.85. The smallest absolute Gasteiger partial charge is 0.409 e. The lowest BCUT2D eigenvalue weighted by atomic mass is 9.99. The molecule has 35 heavy (non-hydrogen) atoms. The van der Waals surface area contributed by atoms with Gasteiger partial charge in [-0.25, -0.2) is 27.6 Å². The number of amides is 2. The largest absolute Gasteiger partial charge is 0.447 e. The summed E-state index contributed by atoms with van der Waals surface area (Å²) in [4.78, 5) is 30.1. The van der Waals surface area contributed by atoms with E-state index in [1.807, 2.05) is 0 Å². The highest BCUT2D eigenvalue weighted by atomic mass is 19.3. The number of ether oxygens (including phenoxy) is 1. The summed E-state index contributed by atoms with van der Waals surface area (Å²) in [6.07, 6.45) is -0.900. The van der Waals surface area contributed by atoms with Crippen molar-refractivity contribution < 1.29 is 27.5 Å². The van der Waals surface area contributed by atoms with Crippen molar-refractivity contribution in [2.75, 3.05) is 19.7 Å². The zero-order valence-corrected chi connectivity index (χ0v) is 19.8. The predicted octanol–water partition coefficient (Wildman–Crippen LogP) is 2.93. The number of likely N-dealkylation sites (tertiary alicyclic amines) is 1. The number of nitrogens with two attached hydrogens (primary N) is 1. The monoisotopic (exact) mass is 496 g/mol. The van der Waals surface area contributed by atoms with Crippen molar-refractivity contribution in [3.05, 3.63) is 48.0 Å². The Hall–Kier alpha value is -3.15. The molecule has 1 fully saturated rings. The molecule has 0 unspecified atom stereocenters. The average molecular weight is 497 g/mol. The minimum atomic E-state index is -3.13. The van der Waals surface area contributed by atoms with E-state index in [0.29, 0.717) is 0 Å². The first-order valence-electron chi connectivity index (χ1n) is 11.4. The molecule has 1 aromatic heterocycles. The molecule has 2 aromatic rings. The number of nitrogens with zero attached hydrogens (tertiary/aromatic N) is 4. The standard InChI is InChI=1S/C23H31F3N6O3/c1-22(2,27)20(33)30-18(8-10-23(25,26)16-6-4-3-5-7-16)19-28-15-29-32(19)12-13-35-21(34)31-11-9-17(24)14-31/h3-7,15,17-18H,8-14,27H2,1-2H3,(H,30,33)/t17-,18+/m1/s1. The zero-order chi connectivity index (χ0) is 25.6. The van der Waals surface area contributed by atoms with E-state index >= 15 is 0 Å². The number of aromatic nitrogens is 3. The lowest BCUT2D eigenvalue weighted by molar-refractivity contribution is -0.126. The summed E-state index contributed by atoms with van der Waals surface area (Å²) in [7, 11) is 0. The lowest BCUT2D eigenvalue weighted by Crippen LogP contribution is -2.50. The molecule has 1 aliphatic rings. The van der Waals surface area contributed by atoms with E-state index in [4.69, 9.17) is 10.5 Å². The van der Waals surface area contributed by atoms with Crippen molar-refractivity contribution >= 4 is 12.0 Å². The van der Waals surface area contributed by atoms with Crippen molar-refractivity contribution in [2.45, 2.75) is 63.3 Å². The van der Waals surface area contributed by atoms with Gasteiger partial charge in [0.1, 0.15) is 24.9 Å². The third kappa shape index (κ3) is 7.17. The molecule has 0 aliphatic carbocycles. The highest BCUT2D eigenvalue weighted by Gasteiger charge is 2.35. The molecule has 1 aromatic carbocycles. The van der Waals surface area contributed by atoms with Gasteiger partial charge in [0.15, 0.2) is 0 Å². The molecule has 2 heterocycles. The number of halogens is 3. The number of nitrogens with one attached hydrogen (secondary N) is 1. The molecule has 3 N–H and O–H groups in total. The Balaban J connectivity index is 1.69. The van der Waals surface area contributed by atoms with E-state index in [1.54, 1.807) is 6.07 Å². The first kappa shape index (κ1) is 26.5. The number of hydrogen-bond donors (Lipinski definition) is 2. The third-order valence-corrected chi connectivity index (χ3v) is 5.71. The van der Waals surface area contributed by atoms with Gasteiger partial charge in [-0.15, -0.1) is 0 Å². The number of rotatable bonds is 10. The molecule has 0 radical (unpaired) electrons. The maximum atomic E-state index is 14.8. The van der Waals surface area contributed by atoms with Crippen molar-refractivity contribution in [1.82, 2.24) is 25.0 Å². The van der Waals surface area contributed by atoms with Crippen LogP contribution >= 0.6 is 0 Å². The SMILES string of the molecule is CC(C)(N)C(=O)N[C@@H](CCC(F)(F)c1ccccc1)c1ncnn1CCOC(=O)N1CC[C@@H](F)C1. The maximum Gasteiger partial charge on any atom is 0.409 e. The normalized spacial score (nSPS) is 17.3. The van der Waals surface area contributed by atoms with E-state index < -0.39 is 42.1 Å². The second-order valence-electron chi connectivity index (χ2n) is 9.14. The van der Waals surface area contributed by atoms with Crippen LogP contribution in [0.25, 0.3) is 0 Å². The van der Waals surface area contributed by atoms with Crippen LogP contribution in [0.15, 0.2) is 36.7 Å². The van der Waals surface area contributed by atoms with E-state index in [1.165, 1.54) is 54.0 Å². The molecule has 9 nitrogen and oxygen atoms in total. The van der Waals surface area contributed by atoms with Gasteiger partial charge < -0.3 is 20.7 Å². The van der Waals surface area contributed by atoms with E-state index in [0.717, 1.165) is 0 Å². The summed E-state index contributed by atoms with van der Waals surface area (Å²) in [6, 6.07) is 6.50. The summed E-state index contributed by atoms with van der Waals surface area (Å²) < 4.78 is 49.5. The van der Waals surface area contributed by atoms with Crippen LogP contribution in [0.3, 0.4) is 0 Å². The average Bonchev–Trinajstić information content (AvgIpc) is 3.45.